The van der Waals surface area contributed by atoms with Crippen LogP contribution < -0.4 is 9.80 Å². The van der Waals surface area contributed by atoms with Crippen molar-refractivity contribution in [3.05, 3.63) is 67.9 Å². The number of hydrogen-bond acceptors (Lipinski definition) is 1. The van der Waals surface area contributed by atoms with Crippen molar-refractivity contribution < 1.29 is 18.7 Å². The zero-order chi connectivity index (χ0) is 24.0. The topological polar surface area (TPSA) is 12.0 Å². The van der Waals surface area contributed by atoms with Crippen LogP contribution in [0.3, 0.4) is 0 Å². The molecule has 3 rings (SSSR count). The van der Waals surface area contributed by atoms with Crippen molar-refractivity contribution in [1.29, 1.82) is 0 Å². The van der Waals surface area contributed by atoms with E-state index in [-0.39, 0.29) is 0 Å². The summed E-state index contributed by atoms with van der Waals surface area (Å²) in [5.41, 5.74) is 8.18. The number of benzene rings is 2. The van der Waals surface area contributed by atoms with Crippen molar-refractivity contribution in [2.75, 3.05) is 0 Å². The van der Waals surface area contributed by atoms with E-state index in [0.29, 0.717) is 28.2 Å². The number of quaternary nitrogens is 1. The molecule has 0 amide bonds. The van der Waals surface area contributed by atoms with Crippen LogP contribution in [0.2, 0.25) is 0 Å². The van der Waals surface area contributed by atoms with Gasteiger partial charge in [-0.25, -0.2) is 0 Å². The van der Waals surface area contributed by atoms with Gasteiger partial charge < -0.3 is 0 Å². The van der Waals surface area contributed by atoms with Crippen molar-refractivity contribution in [3.8, 4) is 0 Å². The quantitative estimate of drug-likeness (QED) is 0.242. The molecular weight excluding hydrogens is 619 g/mol. The zero-order valence-electron chi connectivity index (χ0n) is 20.3. The average molecular weight is 654 g/mol. The fraction of sp³-hybridized carbons (Fsp3) is 0.444. The minimum absolute atomic E-state index is 0.384. The van der Waals surface area contributed by atoms with E-state index in [1.807, 2.05) is 0 Å². The third-order valence-corrected chi connectivity index (χ3v) is 7.93. The van der Waals surface area contributed by atoms with Gasteiger partial charge in [0.2, 0.25) is 0 Å². The minimum atomic E-state index is 0.384. The first-order valence-electron chi connectivity index (χ1n) is 11.4. The Hall–Kier alpha value is -0.568. The molecule has 1 N–H and O–H groups in total. The standard InChI is InChI=1S/C27H35Br2N2.Pd/c1-16(2)22-11-20(28)12-23(17(3)4)26(22)31(10-9-30-15-31)27-24(18(5)6)13-21(29)14-25(27)19(7)8;/h9-14,16-19,30H,1-8H3;/q+1;. The number of halogens is 2. The van der Waals surface area contributed by atoms with E-state index in [1.54, 1.807) is 0 Å². The summed E-state index contributed by atoms with van der Waals surface area (Å²) in [7, 11) is 0. The average Bonchev–Trinajstić information content (AvgIpc) is 3.07. The van der Waals surface area contributed by atoms with Gasteiger partial charge in [-0.05, 0) is 0 Å². The molecule has 0 unspecified atom stereocenters. The molecule has 2 aromatic carbocycles. The van der Waals surface area contributed by atoms with Gasteiger partial charge in [-0.15, -0.1) is 0 Å². The van der Waals surface area contributed by atoms with E-state index in [4.69, 9.17) is 0 Å². The first-order valence-corrected chi connectivity index (χ1v) is 13.8. The van der Waals surface area contributed by atoms with Crippen LogP contribution in [-0.2, 0) is 18.7 Å². The monoisotopic (exact) mass is 651 g/mol. The summed E-state index contributed by atoms with van der Waals surface area (Å²) in [6.07, 6.45) is 4.41. The first kappa shape index (κ1) is 26.0. The van der Waals surface area contributed by atoms with Crippen LogP contribution in [0.5, 0.6) is 0 Å². The van der Waals surface area contributed by atoms with Gasteiger partial charge in [-0.3, -0.25) is 0 Å². The fourth-order valence-electron chi connectivity index (χ4n) is 4.68. The summed E-state index contributed by atoms with van der Waals surface area (Å²) in [4.78, 5) is 0. The number of hydrogen-bond donors (Lipinski definition) is 1. The van der Waals surface area contributed by atoms with Crippen LogP contribution in [0.1, 0.15) is 101 Å². The summed E-state index contributed by atoms with van der Waals surface area (Å²) in [5, 5.41) is 3.52. The van der Waals surface area contributed by atoms with Crippen molar-refractivity contribution >= 4 is 47.5 Å². The van der Waals surface area contributed by atoms with Crippen molar-refractivity contribution in [2.24, 2.45) is 0 Å². The Kier molecular flexibility index (Phi) is 8.11. The van der Waals surface area contributed by atoms with Crippen LogP contribution in [0.15, 0.2) is 45.6 Å². The second kappa shape index (κ2) is 9.97. The fourth-order valence-corrected chi connectivity index (χ4v) is 6.26. The van der Waals surface area contributed by atoms with Crippen molar-refractivity contribution in [2.45, 2.75) is 79.1 Å². The zero-order valence-corrected chi connectivity index (χ0v) is 25.0. The van der Waals surface area contributed by atoms with Gasteiger partial charge in [0, 0.05) is 0 Å². The molecule has 0 saturated carbocycles. The molecular formula is C27H35Br2N2Pd+. The van der Waals surface area contributed by atoms with Gasteiger partial charge in [-0.1, -0.05) is 0 Å². The molecule has 1 heterocycles. The molecule has 5 heteroatoms. The Morgan fingerprint density at radius 3 is 1.19 bits per heavy atom. The normalized spacial score (nSPS) is 15.6. The maximum absolute atomic E-state index is 3.80. The summed E-state index contributed by atoms with van der Waals surface area (Å²) >= 11 is 11.3. The van der Waals surface area contributed by atoms with E-state index in [1.165, 1.54) is 33.6 Å². The van der Waals surface area contributed by atoms with Gasteiger partial charge in [0.25, 0.3) is 0 Å². The molecule has 1 aliphatic rings. The van der Waals surface area contributed by atoms with Crippen molar-refractivity contribution in [3.63, 3.8) is 0 Å². The number of nitrogens with one attached hydrogen (secondary N) is 1. The summed E-state index contributed by atoms with van der Waals surface area (Å²) in [6, 6.07) is 9.24. The predicted molar refractivity (Wildman–Crippen MR) is 143 cm³/mol. The van der Waals surface area contributed by atoms with E-state index in [2.05, 4.69) is 148 Å². The van der Waals surface area contributed by atoms with Gasteiger partial charge in [0.1, 0.15) is 0 Å². The molecule has 0 aliphatic carbocycles. The Morgan fingerprint density at radius 2 is 0.969 bits per heavy atom. The second-order valence-corrected chi connectivity index (χ2v) is 12.5. The van der Waals surface area contributed by atoms with Crippen LogP contribution >= 0.6 is 31.9 Å². The third kappa shape index (κ3) is 4.54. The van der Waals surface area contributed by atoms with Gasteiger partial charge in [0.15, 0.2) is 0 Å². The van der Waals surface area contributed by atoms with E-state index >= 15 is 0 Å². The summed E-state index contributed by atoms with van der Waals surface area (Å²) < 4.78 is 3.92. The molecule has 0 aromatic heterocycles. The van der Waals surface area contributed by atoms with E-state index in [0.717, 1.165) is 13.2 Å². The molecule has 0 bridgehead atoms. The summed E-state index contributed by atoms with van der Waals surface area (Å²) in [5.74, 6) is 1.53. The Labute approximate surface area is 221 Å². The molecule has 0 atom stereocenters. The summed E-state index contributed by atoms with van der Waals surface area (Å²) in [6.45, 7) is 18.4. The van der Waals surface area contributed by atoms with E-state index < -0.39 is 0 Å². The van der Waals surface area contributed by atoms with Crippen LogP contribution in [-0.4, -0.2) is 4.23 Å². The van der Waals surface area contributed by atoms with Gasteiger partial charge in [-0.2, -0.15) is 0 Å². The molecule has 176 valence electrons. The molecule has 0 saturated heterocycles. The van der Waals surface area contributed by atoms with Crippen LogP contribution in [0.4, 0.5) is 11.4 Å². The molecule has 2 nitrogen and oxygen atoms in total. The molecule has 2 aromatic rings. The predicted octanol–water partition coefficient (Wildman–Crippen LogP) is 9.05. The Morgan fingerprint density at radius 1 is 0.656 bits per heavy atom. The van der Waals surface area contributed by atoms with Gasteiger partial charge in [0.05, 0.1) is 0 Å². The van der Waals surface area contributed by atoms with Crippen LogP contribution in [0, 0.1) is 0 Å². The maximum atomic E-state index is 3.80. The first-order chi connectivity index (χ1) is 14.9. The SMILES string of the molecule is CC(C)c1cc(Br)cc(C(C)C)c1[N+]1(c2c(C(C)C)cc(Br)cc2C(C)C)C=CN[C]1=[Pd]. The van der Waals surface area contributed by atoms with Gasteiger partial charge >= 0.3 is 223 Å². The van der Waals surface area contributed by atoms with Crippen LogP contribution in [0.25, 0.3) is 0 Å². The molecule has 32 heavy (non-hydrogen) atoms. The molecule has 0 fully saturated rings. The Balaban J connectivity index is 2.60. The molecule has 0 spiro atoms. The molecule has 0 radical (unpaired) electrons. The third-order valence-electron chi connectivity index (χ3n) is 6.24. The Bertz CT molecular complexity index is 940. The van der Waals surface area contributed by atoms with E-state index in [9.17, 15) is 0 Å². The second-order valence-electron chi connectivity index (χ2n) is 9.93. The number of rotatable bonds is 6. The van der Waals surface area contributed by atoms with Crippen molar-refractivity contribution in [1.82, 2.24) is 9.80 Å². The molecule has 1 aliphatic heterocycles. The number of nitrogens with zero attached hydrogens (tertiary/aromatic N) is 1.